The Bertz CT molecular complexity index is 1330. The van der Waals surface area contributed by atoms with Gasteiger partial charge in [-0.05, 0) is 31.2 Å². The molecule has 0 unspecified atom stereocenters. The van der Waals surface area contributed by atoms with Gasteiger partial charge in [0.05, 0.1) is 29.2 Å². The van der Waals surface area contributed by atoms with Crippen LogP contribution in [-0.4, -0.2) is 44.6 Å². The normalized spacial score (nSPS) is 16.2. The van der Waals surface area contributed by atoms with Crippen LogP contribution < -0.4 is 15.8 Å². The summed E-state index contributed by atoms with van der Waals surface area (Å²) in [5.74, 6) is -4.87. The number of carboxylic acids is 1. The zero-order chi connectivity index (χ0) is 24.1. The third-order valence-corrected chi connectivity index (χ3v) is 5.72. The summed E-state index contributed by atoms with van der Waals surface area (Å²) >= 11 is 5.79. The van der Waals surface area contributed by atoms with E-state index in [1.165, 1.54) is 30.1 Å². The fourth-order valence-electron chi connectivity index (χ4n) is 3.90. The Morgan fingerprint density at radius 1 is 1.30 bits per heavy atom. The highest BCUT2D eigenvalue weighted by Gasteiger charge is 2.39. The number of nitrogens with zero attached hydrogens (tertiary/aromatic N) is 4. The maximum absolute atomic E-state index is 14.4. The molecule has 0 amide bonds. The molecule has 0 aliphatic carbocycles. The fourth-order valence-corrected chi connectivity index (χ4v) is 4.05. The third kappa shape index (κ3) is 4.32. The molecule has 174 valence electrons. The van der Waals surface area contributed by atoms with E-state index in [4.69, 9.17) is 11.6 Å². The molecular weight excluding hydrogens is 463 g/mol. The van der Waals surface area contributed by atoms with E-state index < -0.39 is 35.9 Å². The summed E-state index contributed by atoms with van der Waals surface area (Å²) in [5.41, 5.74) is -0.416. The Morgan fingerprint density at radius 2 is 2.03 bits per heavy atom. The quantitative estimate of drug-likeness (QED) is 0.534. The van der Waals surface area contributed by atoms with Crippen LogP contribution in [0.2, 0.25) is 5.15 Å². The van der Waals surface area contributed by atoms with Crippen LogP contribution in [-0.2, 0) is 7.05 Å². The van der Waals surface area contributed by atoms with Gasteiger partial charge in [0, 0.05) is 25.6 Å². The van der Waals surface area contributed by atoms with Crippen molar-refractivity contribution in [3.05, 3.63) is 56.8 Å². The van der Waals surface area contributed by atoms with Crippen LogP contribution in [0.1, 0.15) is 35.4 Å². The van der Waals surface area contributed by atoms with E-state index >= 15 is 0 Å². The summed E-state index contributed by atoms with van der Waals surface area (Å²) in [4.78, 5) is 34.1. The van der Waals surface area contributed by atoms with Crippen molar-refractivity contribution in [3.8, 4) is 0 Å². The van der Waals surface area contributed by atoms with E-state index in [2.05, 4.69) is 15.3 Å². The van der Waals surface area contributed by atoms with Crippen molar-refractivity contribution in [2.45, 2.75) is 25.3 Å². The predicted molar refractivity (Wildman–Crippen MR) is 117 cm³/mol. The molecule has 1 aliphatic rings. The molecule has 1 saturated heterocycles. The second-order valence-electron chi connectivity index (χ2n) is 7.90. The Kier molecular flexibility index (Phi) is 5.69. The number of hydrogen-bond donors (Lipinski definition) is 2. The number of fused-ring (bicyclic) bond motifs is 1. The number of aromatic nitrogens is 3. The Balaban J connectivity index is 1.82. The van der Waals surface area contributed by atoms with Crippen LogP contribution >= 0.6 is 11.6 Å². The monoisotopic (exact) mass is 481 g/mol. The van der Waals surface area contributed by atoms with Gasteiger partial charge in [-0.25, -0.2) is 27.9 Å². The van der Waals surface area contributed by atoms with Crippen molar-refractivity contribution in [3.63, 3.8) is 0 Å². The minimum Gasteiger partial charge on any atom is -0.476 e. The van der Waals surface area contributed by atoms with Crippen molar-refractivity contribution >= 4 is 40.1 Å². The number of aromatic carboxylic acids is 1. The standard InChI is InChI=1S/C21H19ClF3N5O3/c1-10(26-14-3-4-15(22)27-17(14)19(32)33)12-7-11(23)8-13-16(12)28-20(29(2)18(13)31)30-6-5-21(24,25)9-30/h3-4,7-8,10,26H,5-6,9H2,1-2H3,(H,32,33)/t10-/m0/s1. The first kappa shape index (κ1) is 22.8. The molecule has 2 aromatic heterocycles. The number of pyridine rings is 1. The summed E-state index contributed by atoms with van der Waals surface area (Å²) in [5, 5.41) is 12.3. The summed E-state index contributed by atoms with van der Waals surface area (Å²) in [7, 11) is 1.39. The summed E-state index contributed by atoms with van der Waals surface area (Å²) in [6.45, 7) is 1.06. The lowest BCUT2D eigenvalue weighted by Gasteiger charge is -2.22. The van der Waals surface area contributed by atoms with Crippen LogP contribution in [0, 0.1) is 5.82 Å². The Hall–Kier alpha value is -3.34. The first-order valence-electron chi connectivity index (χ1n) is 9.96. The van der Waals surface area contributed by atoms with Crippen LogP contribution in [0.15, 0.2) is 29.1 Å². The number of alkyl halides is 2. The molecule has 0 saturated carbocycles. The molecule has 33 heavy (non-hydrogen) atoms. The highest BCUT2D eigenvalue weighted by atomic mass is 35.5. The Morgan fingerprint density at radius 3 is 2.67 bits per heavy atom. The highest BCUT2D eigenvalue weighted by molar-refractivity contribution is 6.29. The van der Waals surface area contributed by atoms with E-state index in [1.54, 1.807) is 6.92 Å². The fraction of sp³-hybridized carbons (Fsp3) is 0.333. The van der Waals surface area contributed by atoms with Gasteiger partial charge in [0.2, 0.25) is 5.95 Å². The molecule has 8 nitrogen and oxygen atoms in total. The van der Waals surface area contributed by atoms with E-state index in [9.17, 15) is 27.9 Å². The van der Waals surface area contributed by atoms with E-state index in [1.807, 2.05) is 0 Å². The second kappa shape index (κ2) is 8.22. The first-order valence-corrected chi connectivity index (χ1v) is 10.3. The molecule has 3 aromatic rings. The van der Waals surface area contributed by atoms with Crippen molar-refractivity contribution in [1.82, 2.24) is 14.5 Å². The first-order chi connectivity index (χ1) is 15.5. The average Bonchev–Trinajstić information content (AvgIpc) is 3.11. The SMILES string of the molecule is C[C@H](Nc1ccc(Cl)nc1C(=O)O)c1cc(F)cc2c(=O)n(C)c(N3CCC(F)(F)C3)nc12. The molecule has 12 heteroatoms. The van der Waals surface area contributed by atoms with Gasteiger partial charge in [-0.15, -0.1) is 0 Å². The number of anilines is 2. The van der Waals surface area contributed by atoms with Gasteiger partial charge >= 0.3 is 5.97 Å². The molecule has 1 aliphatic heterocycles. The number of benzene rings is 1. The molecule has 4 rings (SSSR count). The zero-order valence-electron chi connectivity index (χ0n) is 17.6. The van der Waals surface area contributed by atoms with Gasteiger partial charge in [-0.2, -0.15) is 0 Å². The largest absolute Gasteiger partial charge is 0.476 e. The number of carbonyl (C=O) groups is 1. The van der Waals surface area contributed by atoms with Crippen LogP contribution in [0.3, 0.4) is 0 Å². The molecule has 0 radical (unpaired) electrons. The van der Waals surface area contributed by atoms with E-state index in [0.29, 0.717) is 0 Å². The van der Waals surface area contributed by atoms with Gasteiger partial charge in [0.25, 0.3) is 11.5 Å². The topological polar surface area (TPSA) is 100 Å². The lowest BCUT2D eigenvalue weighted by Crippen LogP contribution is -2.32. The van der Waals surface area contributed by atoms with Crippen molar-refractivity contribution < 1.29 is 23.1 Å². The van der Waals surface area contributed by atoms with Crippen LogP contribution in [0.25, 0.3) is 10.9 Å². The van der Waals surface area contributed by atoms with Crippen LogP contribution in [0.5, 0.6) is 0 Å². The molecule has 0 bridgehead atoms. The molecule has 1 fully saturated rings. The van der Waals surface area contributed by atoms with Gasteiger partial charge in [-0.3, -0.25) is 9.36 Å². The zero-order valence-corrected chi connectivity index (χ0v) is 18.3. The van der Waals surface area contributed by atoms with Crippen molar-refractivity contribution in [2.75, 3.05) is 23.3 Å². The van der Waals surface area contributed by atoms with Crippen molar-refractivity contribution in [1.29, 1.82) is 0 Å². The number of nitrogens with one attached hydrogen (secondary N) is 1. The second-order valence-corrected chi connectivity index (χ2v) is 8.28. The molecule has 2 N–H and O–H groups in total. The average molecular weight is 482 g/mol. The predicted octanol–water partition coefficient (Wildman–Crippen LogP) is 3.84. The van der Waals surface area contributed by atoms with Gasteiger partial charge in [0.1, 0.15) is 11.0 Å². The summed E-state index contributed by atoms with van der Waals surface area (Å²) in [6, 6.07) is 4.29. The van der Waals surface area contributed by atoms with E-state index in [-0.39, 0.29) is 51.9 Å². The van der Waals surface area contributed by atoms with Crippen molar-refractivity contribution in [2.24, 2.45) is 7.05 Å². The highest BCUT2D eigenvalue weighted by Crippen LogP contribution is 2.32. The molecule has 1 atom stereocenters. The number of hydrogen-bond acceptors (Lipinski definition) is 6. The smallest absolute Gasteiger partial charge is 0.356 e. The van der Waals surface area contributed by atoms with E-state index in [0.717, 1.165) is 10.6 Å². The summed E-state index contributed by atoms with van der Waals surface area (Å²) < 4.78 is 43.1. The molecule has 3 heterocycles. The maximum Gasteiger partial charge on any atom is 0.356 e. The van der Waals surface area contributed by atoms with Gasteiger partial charge in [-0.1, -0.05) is 11.6 Å². The van der Waals surface area contributed by atoms with Gasteiger partial charge < -0.3 is 15.3 Å². The Labute approximate surface area is 190 Å². The van der Waals surface area contributed by atoms with Gasteiger partial charge in [0.15, 0.2) is 5.69 Å². The third-order valence-electron chi connectivity index (χ3n) is 5.51. The maximum atomic E-state index is 14.4. The minimum absolute atomic E-state index is 0.0148. The lowest BCUT2D eigenvalue weighted by atomic mass is 10.0. The molecule has 1 aromatic carbocycles. The minimum atomic E-state index is -2.90. The number of carboxylic acid groups (broad SMARTS) is 1. The number of rotatable bonds is 5. The number of halogens is 4. The lowest BCUT2D eigenvalue weighted by molar-refractivity contribution is 0.0256. The summed E-state index contributed by atoms with van der Waals surface area (Å²) in [6.07, 6.45) is -0.364. The molecule has 0 spiro atoms. The molecular formula is C21H19ClF3N5O3. The van der Waals surface area contributed by atoms with Crippen LogP contribution in [0.4, 0.5) is 24.8 Å².